The van der Waals surface area contributed by atoms with Gasteiger partial charge in [-0.2, -0.15) is 0 Å². The van der Waals surface area contributed by atoms with Crippen LogP contribution in [0, 0.1) is 5.41 Å². The second kappa shape index (κ2) is 8.19. The standard InChI is InChI=1S/C17H20ClN3O3/c1-11-10-14(16(19)15(18)17(11)24)20-12-2-4-13(5-3-12)21(6-8-22)7-9-23/h2-5,10,15,19,22-23H,6-9H2,1H3. The molecule has 3 N–H and O–H groups in total. The van der Waals surface area contributed by atoms with Crippen LogP contribution in [0.25, 0.3) is 0 Å². The van der Waals surface area contributed by atoms with Crippen molar-refractivity contribution in [1.29, 1.82) is 5.41 Å². The summed E-state index contributed by atoms with van der Waals surface area (Å²) in [5, 5.41) is 25.1. The summed E-state index contributed by atoms with van der Waals surface area (Å²) in [5.74, 6) is -0.264. The zero-order chi connectivity index (χ0) is 17.7. The molecule has 128 valence electrons. The number of aliphatic imine (C=N–C) groups is 1. The average molecular weight is 350 g/mol. The highest BCUT2D eigenvalue weighted by Crippen LogP contribution is 2.22. The second-order valence-corrected chi connectivity index (χ2v) is 5.85. The lowest BCUT2D eigenvalue weighted by molar-refractivity contribution is -0.114. The summed E-state index contributed by atoms with van der Waals surface area (Å²) in [7, 11) is 0. The van der Waals surface area contributed by atoms with Crippen LogP contribution in [0.2, 0.25) is 0 Å². The molecule has 0 aromatic heterocycles. The van der Waals surface area contributed by atoms with Gasteiger partial charge in [-0.3, -0.25) is 4.79 Å². The highest BCUT2D eigenvalue weighted by molar-refractivity contribution is 6.63. The number of Topliss-reactive ketones (excluding diaryl/α,β-unsaturated/α-hetero) is 1. The molecular weight excluding hydrogens is 330 g/mol. The van der Waals surface area contributed by atoms with Crippen LogP contribution in [0.3, 0.4) is 0 Å². The summed E-state index contributed by atoms with van der Waals surface area (Å²) in [5.41, 5.74) is 2.35. The molecule has 24 heavy (non-hydrogen) atoms. The molecule has 1 unspecified atom stereocenters. The first-order chi connectivity index (χ1) is 11.5. The number of nitrogens with zero attached hydrogens (tertiary/aromatic N) is 2. The van der Waals surface area contributed by atoms with Gasteiger partial charge in [-0.1, -0.05) is 0 Å². The van der Waals surface area contributed by atoms with Crippen LogP contribution in [-0.2, 0) is 4.79 Å². The maximum atomic E-state index is 11.7. The van der Waals surface area contributed by atoms with Gasteiger partial charge in [0, 0.05) is 18.8 Å². The number of hydrogen-bond donors (Lipinski definition) is 3. The molecule has 0 fully saturated rings. The van der Waals surface area contributed by atoms with Gasteiger partial charge in [-0.25, -0.2) is 4.99 Å². The minimum Gasteiger partial charge on any atom is -0.395 e. The van der Waals surface area contributed by atoms with Crippen molar-refractivity contribution in [2.24, 2.45) is 4.99 Å². The van der Waals surface area contributed by atoms with Crippen molar-refractivity contribution in [3.8, 4) is 0 Å². The third-order valence-corrected chi connectivity index (χ3v) is 4.12. The lowest BCUT2D eigenvalue weighted by Crippen LogP contribution is -2.34. The predicted octanol–water partition coefficient (Wildman–Crippen LogP) is 1.71. The zero-order valence-electron chi connectivity index (χ0n) is 13.4. The zero-order valence-corrected chi connectivity index (χ0v) is 14.1. The quantitative estimate of drug-likeness (QED) is 0.681. The minimum atomic E-state index is -0.988. The van der Waals surface area contributed by atoms with E-state index in [2.05, 4.69) is 4.99 Å². The van der Waals surface area contributed by atoms with E-state index in [0.29, 0.717) is 30.1 Å². The largest absolute Gasteiger partial charge is 0.395 e. The van der Waals surface area contributed by atoms with Gasteiger partial charge in [0.15, 0.2) is 5.78 Å². The normalized spacial score (nSPS) is 19.6. The number of ketones is 1. The monoisotopic (exact) mass is 349 g/mol. The first kappa shape index (κ1) is 18.3. The van der Waals surface area contributed by atoms with Crippen molar-refractivity contribution in [2.45, 2.75) is 12.3 Å². The van der Waals surface area contributed by atoms with Gasteiger partial charge < -0.3 is 20.5 Å². The van der Waals surface area contributed by atoms with Crippen LogP contribution in [-0.4, -0.2) is 59.1 Å². The molecule has 2 rings (SSSR count). The molecule has 1 aromatic rings. The molecule has 0 saturated heterocycles. The number of hydrogen-bond acceptors (Lipinski definition) is 6. The molecule has 6 nitrogen and oxygen atoms in total. The molecule has 0 heterocycles. The van der Waals surface area contributed by atoms with Crippen LogP contribution in [0.5, 0.6) is 0 Å². The van der Waals surface area contributed by atoms with Gasteiger partial charge in [0.25, 0.3) is 0 Å². The summed E-state index contributed by atoms with van der Waals surface area (Å²) in [6.07, 6.45) is 1.57. The van der Waals surface area contributed by atoms with E-state index >= 15 is 0 Å². The van der Waals surface area contributed by atoms with E-state index < -0.39 is 5.38 Å². The van der Waals surface area contributed by atoms with E-state index in [9.17, 15) is 4.79 Å². The smallest absolute Gasteiger partial charge is 0.182 e. The van der Waals surface area contributed by atoms with E-state index in [1.165, 1.54) is 0 Å². The van der Waals surface area contributed by atoms with Gasteiger partial charge >= 0.3 is 0 Å². The van der Waals surface area contributed by atoms with E-state index in [1.807, 2.05) is 17.0 Å². The third-order valence-electron chi connectivity index (χ3n) is 3.71. The Balaban J connectivity index is 2.25. The van der Waals surface area contributed by atoms with Crippen molar-refractivity contribution in [2.75, 3.05) is 31.2 Å². The van der Waals surface area contributed by atoms with E-state index in [0.717, 1.165) is 5.69 Å². The number of carbonyl (C=O) groups is 1. The number of nitrogens with one attached hydrogen (secondary N) is 1. The maximum Gasteiger partial charge on any atom is 0.182 e. The van der Waals surface area contributed by atoms with Gasteiger partial charge in [-0.15, -0.1) is 11.6 Å². The molecule has 1 aliphatic carbocycles. The van der Waals surface area contributed by atoms with Crippen LogP contribution in [0.4, 0.5) is 11.4 Å². The third kappa shape index (κ3) is 4.08. The molecule has 0 aliphatic heterocycles. The van der Waals surface area contributed by atoms with Crippen molar-refractivity contribution in [3.63, 3.8) is 0 Å². The molecule has 1 aromatic carbocycles. The number of aliphatic hydroxyl groups is 2. The maximum absolute atomic E-state index is 11.7. The number of alkyl halides is 1. The predicted molar refractivity (Wildman–Crippen MR) is 96.1 cm³/mol. The summed E-state index contributed by atoms with van der Waals surface area (Å²) in [4.78, 5) is 18.0. The topological polar surface area (TPSA) is 97.0 Å². The molecule has 0 radical (unpaired) electrons. The van der Waals surface area contributed by atoms with Crippen molar-refractivity contribution < 1.29 is 15.0 Å². The number of halogens is 1. The molecule has 0 saturated carbocycles. The minimum absolute atomic E-state index is 0.00136. The number of aliphatic hydroxyl groups excluding tert-OH is 2. The van der Waals surface area contributed by atoms with Crippen molar-refractivity contribution >= 4 is 40.2 Å². The number of carbonyl (C=O) groups excluding carboxylic acids is 1. The lowest BCUT2D eigenvalue weighted by Gasteiger charge is -2.23. The van der Waals surface area contributed by atoms with Crippen LogP contribution < -0.4 is 4.90 Å². The molecule has 1 aliphatic rings. The highest BCUT2D eigenvalue weighted by Gasteiger charge is 2.29. The van der Waals surface area contributed by atoms with E-state index in [4.69, 9.17) is 27.2 Å². The summed E-state index contributed by atoms with van der Waals surface area (Å²) in [6, 6.07) is 7.22. The fourth-order valence-electron chi connectivity index (χ4n) is 2.40. The molecule has 0 spiro atoms. The lowest BCUT2D eigenvalue weighted by atomic mass is 9.95. The molecule has 1 atom stereocenters. The molecule has 7 heteroatoms. The molecular formula is C17H20ClN3O3. The van der Waals surface area contributed by atoms with Gasteiger partial charge in [0.05, 0.1) is 30.3 Å². The molecule has 0 amide bonds. The van der Waals surface area contributed by atoms with E-state index in [-0.39, 0.29) is 24.7 Å². The Bertz CT molecular complexity index is 677. The number of benzene rings is 1. The van der Waals surface area contributed by atoms with Gasteiger partial charge in [0.1, 0.15) is 5.38 Å². The Kier molecular flexibility index (Phi) is 6.25. The average Bonchev–Trinajstić information content (AvgIpc) is 2.58. The fraction of sp³-hybridized carbons (Fsp3) is 0.353. The van der Waals surface area contributed by atoms with Crippen LogP contribution in [0.15, 0.2) is 40.9 Å². The Morgan fingerprint density at radius 2 is 1.79 bits per heavy atom. The first-order valence-electron chi connectivity index (χ1n) is 7.58. The summed E-state index contributed by atoms with van der Waals surface area (Å²) < 4.78 is 0. The fourth-order valence-corrected chi connectivity index (χ4v) is 2.68. The van der Waals surface area contributed by atoms with Gasteiger partial charge in [0.2, 0.25) is 0 Å². The Morgan fingerprint density at radius 3 is 2.33 bits per heavy atom. The Morgan fingerprint density at radius 1 is 1.21 bits per heavy atom. The summed E-state index contributed by atoms with van der Waals surface area (Å²) >= 11 is 5.96. The Hall–Kier alpha value is -2.02. The Labute approximate surface area is 145 Å². The van der Waals surface area contributed by atoms with Crippen LogP contribution in [0.1, 0.15) is 6.92 Å². The van der Waals surface area contributed by atoms with Gasteiger partial charge in [-0.05, 0) is 42.8 Å². The molecule has 0 bridgehead atoms. The highest BCUT2D eigenvalue weighted by atomic mass is 35.5. The summed E-state index contributed by atoms with van der Waals surface area (Å²) in [6.45, 7) is 2.51. The number of rotatable bonds is 6. The van der Waals surface area contributed by atoms with Crippen molar-refractivity contribution in [1.82, 2.24) is 0 Å². The number of anilines is 1. The first-order valence-corrected chi connectivity index (χ1v) is 8.02. The van der Waals surface area contributed by atoms with Crippen molar-refractivity contribution in [3.05, 3.63) is 35.9 Å². The SMILES string of the molecule is CC1=CC(=Nc2ccc(N(CCO)CCO)cc2)C(=N)C(Cl)C1=O. The second-order valence-electron chi connectivity index (χ2n) is 5.42. The van der Waals surface area contributed by atoms with E-state index in [1.54, 1.807) is 25.1 Å². The van der Waals surface area contributed by atoms with Crippen LogP contribution >= 0.6 is 11.6 Å². The number of allylic oxidation sites excluding steroid dienone is 2.